The van der Waals surface area contributed by atoms with Gasteiger partial charge in [0.25, 0.3) is 5.69 Å². The first kappa shape index (κ1) is 8.93. The molecule has 1 aromatic heterocycles. The molecule has 0 radical (unpaired) electrons. The normalized spacial score (nSPS) is 8.92. The largest absolute Gasteiger partial charge is 0.480 e. The summed E-state index contributed by atoms with van der Waals surface area (Å²) in [5.74, 6) is -0.0308. The van der Waals surface area contributed by atoms with Gasteiger partial charge in [0.15, 0.2) is 5.56 Å². The molecular weight excluding hydrogens is 174 g/mol. The summed E-state index contributed by atoms with van der Waals surface area (Å²) < 4.78 is 4.69. The van der Waals surface area contributed by atoms with Crippen LogP contribution < -0.4 is 4.74 Å². The summed E-state index contributed by atoms with van der Waals surface area (Å²) in [6.45, 7) is 0. The van der Waals surface area contributed by atoms with E-state index in [0.717, 1.165) is 6.07 Å². The lowest BCUT2D eigenvalue weighted by atomic mass is 10.2. The van der Waals surface area contributed by atoms with E-state index in [1.807, 2.05) is 0 Å². The number of pyridine rings is 1. The fraction of sp³-hybridized carbons (Fsp3) is 0.143. The quantitative estimate of drug-likeness (QED) is 0.496. The van der Waals surface area contributed by atoms with Crippen molar-refractivity contribution in [2.45, 2.75) is 0 Å². The lowest BCUT2D eigenvalue weighted by Crippen LogP contribution is -1.97. The van der Waals surface area contributed by atoms with Crippen LogP contribution in [0.2, 0.25) is 0 Å². The summed E-state index contributed by atoms with van der Waals surface area (Å²) >= 11 is 0. The van der Waals surface area contributed by atoms with Crippen molar-refractivity contribution in [2.24, 2.45) is 0 Å². The van der Waals surface area contributed by atoms with E-state index in [1.54, 1.807) is 6.07 Å². The molecule has 1 rings (SSSR count). The molecule has 0 amide bonds. The molecule has 0 aliphatic carbocycles. The minimum Gasteiger partial charge on any atom is -0.480 e. The Labute approximate surface area is 73.5 Å². The minimum absolute atomic E-state index is 0.0308. The van der Waals surface area contributed by atoms with E-state index < -0.39 is 4.92 Å². The van der Waals surface area contributed by atoms with E-state index >= 15 is 0 Å². The van der Waals surface area contributed by atoms with Crippen molar-refractivity contribution in [2.75, 3.05) is 7.11 Å². The summed E-state index contributed by atoms with van der Waals surface area (Å²) in [5.41, 5.74) is -0.454. The molecule has 0 N–H and O–H groups in total. The van der Waals surface area contributed by atoms with Crippen molar-refractivity contribution >= 4 is 5.69 Å². The molecule has 0 saturated heterocycles. The molecule has 0 saturated carbocycles. The van der Waals surface area contributed by atoms with Gasteiger partial charge in [-0.15, -0.1) is 0 Å². The molecule has 0 aliphatic rings. The average molecular weight is 179 g/mol. The van der Waals surface area contributed by atoms with Crippen LogP contribution in [0.5, 0.6) is 5.88 Å². The van der Waals surface area contributed by atoms with Crippen molar-refractivity contribution in [3.8, 4) is 11.9 Å². The maximum absolute atomic E-state index is 10.4. The van der Waals surface area contributed by atoms with Crippen LogP contribution in [0.15, 0.2) is 12.3 Å². The van der Waals surface area contributed by atoms with Gasteiger partial charge in [0.05, 0.1) is 12.0 Å². The molecule has 0 spiro atoms. The van der Waals surface area contributed by atoms with Gasteiger partial charge in [-0.1, -0.05) is 0 Å². The number of hydrogen-bond donors (Lipinski definition) is 0. The number of rotatable bonds is 2. The number of ether oxygens (including phenoxy) is 1. The van der Waals surface area contributed by atoms with Crippen LogP contribution in [0.1, 0.15) is 5.56 Å². The molecule has 0 bridgehead atoms. The Morgan fingerprint density at radius 1 is 1.77 bits per heavy atom. The highest BCUT2D eigenvalue weighted by atomic mass is 16.6. The third kappa shape index (κ3) is 1.54. The molecule has 13 heavy (non-hydrogen) atoms. The Hall–Kier alpha value is -2.16. The molecule has 0 unspecified atom stereocenters. The summed E-state index contributed by atoms with van der Waals surface area (Å²) in [7, 11) is 1.30. The van der Waals surface area contributed by atoms with Gasteiger partial charge >= 0.3 is 0 Å². The Balaban J connectivity index is 3.38. The van der Waals surface area contributed by atoms with Crippen LogP contribution in [-0.2, 0) is 0 Å². The number of aromatic nitrogens is 1. The zero-order valence-corrected chi connectivity index (χ0v) is 6.72. The highest BCUT2D eigenvalue weighted by Gasteiger charge is 2.18. The van der Waals surface area contributed by atoms with E-state index in [4.69, 9.17) is 5.26 Å². The van der Waals surface area contributed by atoms with Crippen LogP contribution in [-0.4, -0.2) is 17.0 Å². The van der Waals surface area contributed by atoms with E-state index in [9.17, 15) is 10.1 Å². The molecule has 6 nitrogen and oxygen atoms in total. The van der Waals surface area contributed by atoms with Gasteiger partial charge in [0.1, 0.15) is 6.07 Å². The van der Waals surface area contributed by atoms with Crippen LogP contribution in [0.4, 0.5) is 5.69 Å². The molecule has 6 heteroatoms. The second-order valence-corrected chi connectivity index (χ2v) is 2.08. The SMILES string of the molecule is COc1nccc([N+](=O)[O-])c1C#N. The number of nitriles is 1. The third-order valence-corrected chi connectivity index (χ3v) is 1.40. The zero-order valence-electron chi connectivity index (χ0n) is 6.72. The van der Waals surface area contributed by atoms with Gasteiger partial charge < -0.3 is 4.74 Å². The highest BCUT2D eigenvalue weighted by Crippen LogP contribution is 2.23. The van der Waals surface area contributed by atoms with Gasteiger partial charge in [-0.05, 0) is 0 Å². The fourth-order valence-electron chi connectivity index (χ4n) is 0.845. The first-order valence-corrected chi connectivity index (χ1v) is 3.28. The van der Waals surface area contributed by atoms with Crippen molar-refractivity contribution in [1.82, 2.24) is 4.98 Å². The maximum Gasteiger partial charge on any atom is 0.294 e. The first-order valence-electron chi connectivity index (χ1n) is 3.28. The van der Waals surface area contributed by atoms with Gasteiger partial charge in [0, 0.05) is 12.3 Å². The van der Waals surface area contributed by atoms with Crippen molar-refractivity contribution in [3.05, 3.63) is 27.9 Å². The Morgan fingerprint density at radius 3 is 2.92 bits per heavy atom. The molecule has 66 valence electrons. The maximum atomic E-state index is 10.4. The summed E-state index contributed by atoms with van der Waals surface area (Å²) in [6.07, 6.45) is 1.22. The van der Waals surface area contributed by atoms with E-state index in [1.165, 1.54) is 13.3 Å². The molecule has 0 aliphatic heterocycles. The lowest BCUT2D eigenvalue weighted by Gasteiger charge is -1.99. The molecule has 1 heterocycles. The molecule has 0 aromatic carbocycles. The highest BCUT2D eigenvalue weighted by molar-refractivity contribution is 5.53. The third-order valence-electron chi connectivity index (χ3n) is 1.40. The first-order chi connectivity index (χ1) is 6.20. The monoisotopic (exact) mass is 179 g/mol. The summed E-state index contributed by atoms with van der Waals surface area (Å²) in [4.78, 5) is 13.4. The van der Waals surface area contributed by atoms with Crippen molar-refractivity contribution < 1.29 is 9.66 Å². The predicted molar refractivity (Wildman–Crippen MR) is 42.2 cm³/mol. The van der Waals surface area contributed by atoms with Gasteiger partial charge in [0.2, 0.25) is 5.88 Å². The predicted octanol–water partition coefficient (Wildman–Crippen LogP) is 0.870. The number of hydrogen-bond acceptors (Lipinski definition) is 5. The Morgan fingerprint density at radius 2 is 2.46 bits per heavy atom. The molecule has 1 aromatic rings. The summed E-state index contributed by atoms with van der Waals surface area (Å²) in [5, 5.41) is 19.0. The summed E-state index contributed by atoms with van der Waals surface area (Å²) in [6, 6.07) is 2.82. The van der Waals surface area contributed by atoms with E-state index in [-0.39, 0.29) is 17.1 Å². The number of nitrogens with zero attached hydrogens (tertiary/aromatic N) is 3. The van der Waals surface area contributed by atoms with Crippen LogP contribution in [0.25, 0.3) is 0 Å². The van der Waals surface area contributed by atoms with Crippen molar-refractivity contribution in [3.63, 3.8) is 0 Å². The Bertz CT molecular complexity index is 383. The average Bonchev–Trinajstić information content (AvgIpc) is 2.16. The second-order valence-electron chi connectivity index (χ2n) is 2.08. The van der Waals surface area contributed by atoms with Crippen molar-refractivity contribution in [1.29, 1.82) is 5.26 Å². The topological polar surface area (TPSA) is 89.1 Å². The minimum atomic E-state index is -0.650. The smallest absolute Gasteiger partial charge is 0.294 e. The Kier molecular flexibility index (Phi) is 2.40. The van der Waals surface area contributed by atoms with E-state index in [2.05, 4.69) is 9.72 Å². The van der Waals surface area contributed by atoms with Gasteiger partial charge in [-0.25, -0.2) is 4.98 Å². The molecule has 0 fully saturated rings. The van der Waals surface area contributed by atoms with Gasteiger partial charge in [-0.2, -0.15) is 5.26 Å². The standard InChI is InChI=1S/C7H5N3O3/c1-13-7-5(4-8)6(10(11)12)2-3-9-7/h2-3H,1H3. The number of methoxy groups -OCH3 is 1. The van der Waals surface area contributed by atoms with E-state index in [0.29, 0.717) is 0 Å². The number of nitro groups is 1. The van der Waals surface area contributed by atoms with Crippen LogP contribution in [0.3, 0.4) is 0 Å². The van der Waals surface area contributed by atoms with Crippen LogP contribution in [0, 0.1) is 21.4 Å². The van der Waals surface area contributed by atoms with Crippen LogP contribution >= 0.6 is 0 Å². The molecular formula is C7H5N3O3. The lowest BCUT2D eigenvalue weighted by molar-refractivity contribution is -0.385. The van der Waals surface area contributed by atoms with Gasteiger partial charge in [-0.3, -0.25) is 10.1 Å². The zero-order chi connectivity index (χ0) is 9.84. The fourth-order valence-corrected chi connectivity index (χ4v) is 0.845. The second kappa shape index (κ2) is 3.49. The molecule has 0 atom stereocenters.